The number of anilines is 2. The number of rotatable bonds is 3. The zero-order chi connectivity index (χ0) is 19.2. The molecule has 2 atom stereocenters. The molecular formula is C16H20N4O6S. The standard InChI is InChI=1S/C16H20N4O6S/c21-15-14-13(20(15)27(23,24)25)4-5-19(14)16(22)17-11-2-1-3-12(10-11)18-6-8-26-9-7-18/h1-3,10,13-14H,4-9H2,(H,17,22)(H,23,24,25)/t13-,14+/m1/s1. The van der Waals surface area contributed by atoms with Crippen molar-refractivity contribution < 1.29 is 27.3 Å². The van der Waals surface area contributed by atoms with Crippen molar-refractivity contribution >= 4 is 33.6 Å². The van der Waals surface area contributed by atoms with Gasteiger partial charge in [0.15, 0.2) is 0 Å². The van der Waals surface area contributed by atoms with Gasteiger partial charge in [0.2, 0.25) is 0 Å². The van der Waals surface area contributed by atoms with E-state index < -0.39 is 34.3 Å². The smallest absolute Gasteiger partial charge is 0.362 e. The van der Waals surface area contributed by atoms with Crippen LogP contribution < -0.4 is 10.2 Å². The van der Waals surface area contributed by atoms with Gasteiger partial charge in [-0.3, -0.25) is 9.35 Å². The Hall–Kier alpha value is -2.37. The van der Waals surface area contributed by atoms with Gasteiger partial charge in [-0.1, -0.05) is 6.07 Å². The average molecular weight is 396 g/mol. The van der Waals surface area contributed by atoms with E-state index in [0.717, 1.165) is 18.8 Å². The van der Waals surface area contributed by atoms with E-state index in [0.29, 0.717) is 29.6 Å². The monoisotopic (exact) mass is 396 g/mol. The molecule has 0 aliphatic carbocycles. The highest BCUT2D eigenvalue weighted by Crippen LogP contribution is 2.36. The van der Waals surface area contributed by atoms with Crippen molar-refractivity contribution in [3.63, 3.8) is 0 Å². The number of urea groups is 1. The highest BCUT2D eigenvalue weighted by atomic mass is 32.2. The lowest BCUT2D eigenvalue weighted by Gasteiger charge is -2.42. The van der Waals surface area contributed by atoms with Crippen molar-refractivity contribution in [3.8, 4) is 0 Å². The number of benzene rings is 1. The number of hydrogen-bond acceptors (Lipinski definition) is 6. The van der Waals surface area contributed by atoms with Crippen LogP contribution in [0.4, 0.5) is 16.2 Å². The molecule has 3 saturated heterocycles. The Labute approximate surface area is 156 Å². The first-order chi connectivity index (χ1) is 12.9. The van der Waals surface area contributed by atoms with Crippen LogP contribution in [0.15, 0.2) is 24.3 Å². The van der Waals surface area contributed by atoms with Crippen molar-refractivity contribution in [1.82, 2.24) is 9.21 Å². The summed E-state index contributed by atoms with van der Waals surface area (Å²) in [6.45, 7) is 3.09. The van der Waals surface area contributed by atoms with Gasteiger partial charge in [-0.05, 0) is 24.6 Å². The summed E-state index contributed by atoms with van der Waals surface area (Å²) >= 11 is 0. The summed E-state index contributed by atoms with van der Waals surface area (Å²) in [5.74, 6) is -0.780. The highest BCUT2D eigenvalue weighted by Gasteiger charge is 2.60. The molecule has 3 aliphatic heterocycles. The third-order valence-corrected chi connectivity index (χ3v) is 6.07. The largest absolute Gasteiger partial charge is 0.378 e. The van der Waals surface area contributed by atoms with Crippen molar-refractivity contribution in [2.24, 2.45) is 0 Å². The molecule has 3 heterocycles. The molecule has 1 aromatic rings. The SMILES string of the molecule is O=C(Nc1cccc(N2CCOCC2)c1)N1CC[C@@H]2[C@H]1C(=O)N2S(=O)(=O)O. The molecule has 27 heavy (non-hydrogen) atoms. The number of ether oxygens (including phenoxy) is 1. The van der Waals surface area contributed by atoms with E-state index in [2.05, 4.69) is 10.2 Å². The molecule has 0 aromatic heterocycles. The number of fused-ring (bicyclic) bond motifs is 1. The number of carbonyl (C=O) groups is 2. The minimum absolute atomic E-state index is 0.238. The van der Waals surface area contributed by atoms with Crippen LogP contribution in [-0.4, -0.2) is 79.0 Å². The second kappa shape index (κ2) is 6.66. The Morgan fingerprint density at radius 1 is 1.22 bits per heavy atom. The second-order valence-corrected chi connectivity index (χ2v) is 7.98. The van der Waals surface area contributed by atoms with Crippen molar-refractivity contribution in [3.05, 3.63) is 24.3 Å². The van der Waals surface area contributed by atoms with Gasteiger partial charge in [0, 0.05) is 31.0 Å². The summed E-state index contributed by atoms with van der Waals surface area (Å²) in [5.41, 5.74) is 1.55. The summed E-state index contributed by atoms with van der Waals surface area (Å²) in [5, 5.41) is 2.77. The zero-order valence-electron chi connectivity index (χ0n) is 14.4. The fourth-order valence-corrected chi connectivity index (χ4v) is 4.74. The van der Waals surface area contributed by atoms with Crippen LogP contribution >= 0.6 is 0 Å². The maximum atomic E-state index is 12.6. The molecule has 3 amide bonds. The highest BCUT2D eigenvalue weighted by molar-refractivity contribution is 7.84. The lowest BCUT2D eigenvalue weighted by molar-refractivity contribution is -0.143. The lowest BCUT2D eigenvalue weighted by atomic mass is 10.0. The number of carbonyl (C=O) groups excluding carboxylic acids is 2. The summed E-state index contributed by atoms with van der Waals surface area (Å²) in [7, 11) is -4.59. The third-order valence-electron chi connectivity index (χ3n) is 5.12. The first-order valence-corrected chi connectivity index (χ1v) is 10.1. The molecule has 10 nitrogen and oxygen atoms in total. The van der Waals surface area contributed by atoms with Gasteiger partial charge in [-0.25, -0.2) is 9.10 Å². The van der Waals surface area contributed by atoms with Crippen LogP contribution in [0.1, 0.15) is 6.42 Å². The van der Waals surface area contributed by atoms with Gasteiger partial charge in [0.05, 0.1) is 19.3 Å². The van der Waals surface area contributed by atoms with Crippen LogP contribution in [0, 0.1) is 0 Å². The molecule has 146 valence electrons. The molecule has 4 rings (SSSR count). The topological polar surface area (TPSA) is 119 Å². The van der Waals surface area contributed by atoms with Gasteiger partial charge in [-0.2, -0.15) is 8.42 Å². The number of amides is 3. The molecule has 11 heteroatoms. The summed E-state index contributed by atoms with van der Waals surface area (Å²) in [4.78, 5) is 28.1. The first kappa shape index (κ1) is 18.0. The Kier molecular flexibility index (Phi) is 4.44. The number of nitrogens with one attached hydrogen (secondary N) is 1. The predicted octanol–water partition coefficient (Wildman–Crippen LogP) is 0.143. The summed E-state index contributed by atoms with van der Waals surface area (Å²) in [6.07, 6.45) is 0.303. The maximum absolute atomic E-state index is 12.6. The Morgan fingerprint density at radius 2 is 1.96 bits per heavy atom. The molecule has 3 aliphatic rings. The normalized spacial score (nSPS) is 25.2. The molecule has 0 spiro atoms. The van der Waals surface area contributed by atoms with Crippen molar-refractivity contribution in [1.29, 1.82) is 0 Å². The number of hydrogen-bond donors (Lipinski definition) is 2. The Morgan fingerprint density at radius 3 is 2.67 bits per heavy atom. The quantitative estimate of drug-likeness (QED) is 0.551. The molecule has 1 aromatic carbocycles. The van der Waals surface area contributed by atoms with E-state index in [1.54, 1.807) is 6.07 Å². The Bertz CT molecular complexity index is 869. The van der Waals surface area contributed by atoms with E-state index in [4.69, 9.17) is 9.29 Å². The molecule has 2 N–H and O–H groups in total. The van der Waals surface area contributed by atoms with Crippen LogP contribution in [0.3, 0.4) is 0 Å². The van der Waals surface area contributed by atoms with Crippen LogP contribution in [0.25, 0.3) is 0 Å². The maximum Gasteiger partial charge on any atom is 0.362 e. The molecular weight excluding hydrogens is 376 g/mol. The van der Waals surface area contributed by atoms with Crippen LogP contribution in [0.2, 0.25) is 0 Å². The van der Waals surface area contributed by atoms with Crippen LogP contribution in [-0.2, 0) is 19.8 Å². The average Bonchev–Trinajstić information content (AvgIpc) is 3.00. The van der Waals surface area contributed by atoms with E-state index in [1.807, 2.05) is 18.2 Å². The minimum atomic E-state index is -4.59. The van der Waals surface area contributed by atoms with Gasteiger partial charge in [0.1, 0.15) is 6.04 Å². The predicted molar refractivity (Wildman–Crippen MR) is 95.8 cm³/mol. The minimum Gasteiger partial charge on any atom is -0.378 e. The fraction of sp³-hybridized carbons (Fsp3) is 0.500. The number of morpholine rings is 1. The molecule has 0 bridgehead atoms. The second-order valence-electron chi connectivity index (χ2n) is 6.69. The van der Waals surface area contributed by atoms with Crippen LogP contribution in [0.5, 0.6) is 0 Å². The van der Waals surface area contributed by atoms with Gasteiger partial charge in [-0.15, -0.1) is 0 Å². The molecule has 3 fully saturated rings. The molecule has 0 unspecified atom stereocenters. The zero-order valence-corrected chi connectivity index (χ0v) is 15.3. The Balaban J connectivity index is 1.44. The van der Waals surface area contributed by atoms with Gasteiger partial charge >= 0.3 is 16.3 Å². The summed E-state index contributed by atoms with van der Waals surface area (Å²) < 4.78 is 37.4. The van der Waals surface area contributed by atoms with Crippen molar-refractivity contribution in [2.75, 3.05) is 43.1 Å². The van der Waals surface area contributed by atoms with Crippen molar-refractivity contribution in [2.45, 2.75) is 18.5 Å². The fourth-order valence-electron chi connectivity index (χ4n) is 3.84. The molecule has 0 saturated carbocycles. The third kappa shape index (κ3) is 3.22. The van der Waals surface area contributed by atoms with E-state index in [1.165, 1.54) is 4.90 Å². The number of nitrogens with zero attached hydrogens (tertiary/aromatic N) is 3. The molecule has 0 radical (unpaired) electrons. The van der Waals surface area contributed by atoms with E-state index >= 15 is 0 Å². The summed E-state index contributed by atoms with van der Waals surface area (Å²) in [6, 6.07) is 5.37. The van der Waals surface area contributed by atoms with E-state index in [9.17, 15) is 18.0 Å². The number of likely N-dealkylation sites (tertiary alicyclic amines) is 1. The number of β-lactam (4-membered cyclic amide) rings is 1. The first-order valence-electron chi connectivity index (χ1n) is 8.67. The van der Waals surface area contributed by atoms with Gasteiger partial charge in [0.25, 0.3) is 5.91 Å². The van der Waals surface area contributed by atoms with E-state index in [-0.39, 0.29) is 6.54 Å². The lowest BCUT2D eigenvalue weighted by Crippen LogP contribution is -2.68. The van der Waals surface area contributed by atoms with Gasteiger partial charge < -0.3 is 19.9 Å².